The van der Waals surface area contributed by atoms with Crippen LogP contribution >= 0.6 is 0 Å². The Hall–Kier alpha value is -0.0800. The molecule has 2 saturated carbocycles. The van der Waals surface area contributed by atoms with Crippen molar-refractivity contribution in [3.8, 4) is 0 Å². The van der Waals surface area contributed by atoms with Gasteiger partial charge < -0.3 is 9.47 Å². The largest absolute Gasteiger partial charge is 0.369 e. The fourth-order valence-electron chi connectivity index (χ4n) is 5.49. The van der Waals surface area contributed by atoms with Crippen molar-refractivity contribution in [2.24, 2.45) is 11.8 Å². The Bertz CT molecular complexity index is 362. The molecule has 0 aromatic rings. The van der Waals surface area contributed by atoms with E-state index in [0.29, 0.717) is 0 Å². The van der Waals surface area contributed by atoms with E-state index in [1.54, 1.807) is 0 Å². The number of hydrogen-bond donors (Lipinski definition) is 0. The van der Waals surface area contributed by atoms with Crippen LogP contribution in [0.5, 0.6) is 0 Å². The van der Waals surface area contributed by atoms with E-state index in [4.69, 9.17) is 9.47 Å². The van der Waals surface area contributed by atoms with Gasteiger partial charge in [-0.3, -0.25) is 0 Å². The van der Waals surface area contributed by atoms with Gasteiger partial charge in [0.1, 0.15) is 0 Å². The Labute approximate surface area is 137 Å². The van der Waals surface area contributed by atoms with Crippen LogP contribution in [0.4, 0.5) is 0 Å². The zero-order valence-electron chi connectivity index (χ0n) is 15.6. The molecule has 6 aliphatic rings. The molecule has 0 atom stereocenters. The van der Waals surface area contributed by atoms with Crippen LogP contribution in [0.1, 0.15) is 92.9 Å². The molecule has 6 fully saturated rings. The molecule has 0 aromatic heterocycles. The molecule has 4 aliphatic heterocycles. The Kier molecular flexibility index (Phi) is 3.97. The summed E-state index contributed by atoms with van der Waals surface area (Å²) in [7, 11) is 0. The van der Waals surface area contributed by atoms with Crippen molar-refractivity contribution >= 4 is 0 Å². The van der Waals surface area contributed by atoms with E-state index >= 15 is 0 Å². The van der Waals surface area contributed by atoms with Crippen LogP contribution in [0.15, 0.2) is 0 Å². The topological polar surface area (TPSA) is 18.5 Å². The molecule has 2 nitrogen and oxygen atoms in total. The minimum Gasteiger partial charge on any atom is -0.369 e. The highest BCUT2D eigenvalue weighted by Crippen LogP contribution is 2.50. The quantitative estimate of drug-likeness (QED) is 0.589. The van der Waals surface area contributed by atoms with Crippen LogP contribution in [-0.4, -0.2) is 22.4 Å². The molecule has 128 valence electrons. The van der Waals surface area contributed by atoms with Crippen molar-refractivity contribution in [2.45, 2.75) is 115 Å². The van der Waals surface area contributed by atoms with Crippen molar-refractivity contribution in [3.05, 3.63) is 0 Å². The molecule has 22 heavy (non-hydrogen) atoms. The van der Waals surface area contributed by atoms with Gasteiger partial charge in [-0.15, -0.1) is 0 Å². The molecule has 0 spiro atoms. The molecule has 0 unspecified atom stereocenters. The van der Waals surface area contributed by atoms with E-state index in [0.717, 1.165) is 11.8 Å². The summed E-state index contributed by atoms with van der Waals surface area (Å²) in [4.78, 5) is 0. The van der Waals surface area contributed by atoms with Crippen molar-refractivity contribution in [1.82, 2.24) is 0 Å². The second kappa shape index (κ2) is 5.21. The fourth-order valence-corrected chi connectivity index (χ4v) is 5.49. The summed E-state index contributed by atoms with van der Waals surface area (Å²) >= 11 is 0. The van der Waals surface area contributed by atoms with Gasteiger partial charge in [-0.2, -0.15) is 0 Å². The summed E-state index contributed by atoms with van der Waals surface area (Å²) in [6.45, 7) is 13.5. The second-order valence-electron chi connectivity index (χ2n) is 9.86. The normalized spacial score (nSPS) is 47.7. The van der Waals surface area contributed by atoms with Gasteiger partial charge in [0.05, 0.1) is 22.4 Å². The van der Waals surface area contributed by atoms with E-state index in [2.05, 4.69) is 41.5 Å². The summed E-state index contributed by atoms with van der Waals surface area (Å²) < 4.78 is 12.1. The monoisotopic (exact) mass is 308 g/mol. The highest BCUT2D eigenvalue weighted by molar-refractivity contribution is 4.98. The minimum absolute atomic E-state index is 0.158. The Balaban J connectivity index is 0.000000131. The van der Waals surface area contributed by atoms with Gasteiger partial charge in [-0.25, -0.2) is 0 Å². The van der Waals surface area contributed by atoms with Crippen LogP contribution in [0.2, 0.25) is 0 Å². The average Bonchev–Trinajstić information content (AvgIpc) is 2.36. The molecular weight excluding hydrogens is 272 g/mol. The molecule has 2 aliphatic carbocycles. The van der Waals surface area contributed by atoms with Crippen molar-refractivity contribution in [2.75, 3.05) is 0 Å². The summed E-state index contributed by atoms with van der Waals surface area (Å²) in [6.07, 6.45) is 10.6. The van der Waals surface area contributed by atoms with Gasteiger partial charge in [0.2, 0.25) is 0 Å². The molecule has 0 N–H and O–H groups in total. The Morgan fingerprint density at radius 1 is 0.545 bits per heavy atom. The third-order valence-corrected chi connectivity index (χ3v) is 7.07. The molecule has 0 amide bonds. The zero-order chi connectivity index (χ0) is 16.2. The number of fused-ring (bicyclic) bond motifs is 6. The first-order chi connectivity index (χ1) is 10.0. The lowest BCUT2D eigenvalue weighted by atomic mass is 9.69. The maximum absolute atomic E-state index is 6.06. The lowest BCUT2D eigenvalue weighted by Crippen LogP contribution is -2.53. The SMILES string of the molecule is CC12CCC(CC1)C(C)(C)O2.CC12CCC(CC1)C(C)(C)O2. The van der Waals surface area contributed by atoms with Gasteiger partial charge >= 0.3 is 0 Å². The van der Waals surface area contributed by atoms with Crippen molar-refractivity contribution in [1.29, 1.82) is 0 Å². The molecular formula is C20H36O2. The highest BCUT2D eigenvalue weighted by atomic mass is 16.5. The van der Waals surface area contributed by atoms with Crippen LogP contribution < -0.4 is 0 Å². The van der Waals surface area contributed by atoms with Crippen molar-refractivity contribution in [3.63, 3.8) is 0 Å². The molecule has 0 aromatic carbocycles. The van der Waals surface area contributed by atoms with Gasteiger partial charge in [-0.05, 0) is 105 Å². The fraction of sp³-hybridized carbons (Fsp3) is 1.00. The van der Waals surface area contributed by atoms with Crippen LogP contribution in [-0.2, 0) is 9.47 Å². The van der Waals surface area contributed by atoms with Crippen LogP contribution in [0, 0.1) is 11.8 Å². The lowest BCUT2D eigenvalue weighted by Gasteiger charge is -2.54. The standard InChI is InChI=1S/2C10H18O/c2*1-9(2)8-4-6-10(3,11-9)7-5-8/h2*8H,4-7H2,1-3H3. The van der Waals surface area contributed by atoms with Crippen LogP contribution in [0.25, 0.3) is 0 Å². The average molecular weight is 309 g/mol. The summed E-state index contributed by atoms with van der Waals surface area (Å²) in [6, 6.07) is 0. The van der Waals surface area contributed by atoms with E-state index in [-0.39, 0.29) is 22.4 Å². The highest BCUT2D eigenvalue weighted by Gasteiger charge is 2.48. The molecule has 0 radical (unpaired) electrons. The third-order valence-electron chi connectivity index (χ3n) is 7.07. The molecule has 4 bridgehead atoms. The van der Waals surface area contributed by atoms with E-state index in [1.807, 2.05) is 0 Å². The van der Waals surface area contributed by atoms with E-state index in [9.17, 15) is 0 Å². The molecule has 2 heteroatoms. The summed E-state index contributed by atoms with van der Waals surface area (Å²) in [5.41, 5.74) is 0.757. The van der Waals surface area contributed by atoms with Gasteiger partial charge in [-0.1, -0.05) is 0 Å². The van der Waals surface area contributed by atoms with Gasteiger partial charge in [0.25, 0.3) is 0 Å². The maximum Gasteiger partial charge on any atom is 0.0662 e. The third kappa shape index (κ3) is 3.11. The van der Waals surface area contributed by atoms with E-state index < -0.39 is 0 Å². The first-order valence-corrected chi connectivity index (χ1v) is 9.44. The van der Waals surface area contributed by atoms with E-state index in [1.165, 1.54) is 51.4 Å². The zero-order valence-corrected chi connectivity index (χ0v) is 15.6. The molecule has 4 saturated heterocycles. The second-order valence-corrected chi connectivity index (χ2v) is 9.86. The van der Waals surface area contributed by atoms with Crippen molar-refractivity contribution < 1.29 is 9.47 Å². The number of hydrogen-bond acceptors (Lipinski definition) is 2. The minimum atomic E-state index is 0.158. The first kappa shape index (κ1) is 16.8. The Morgan fingerprint density at radius 3 is 0.955 bits per heavy atom. The van der Waals surface area contributed by atoms with Gasteiger partial charge in [0.15, 0.2) is 0 Å². The smallest absolute Gasteiger partial charge is 0.0662 e. The number of rotatable bonds is 0. The molecule has 6 rings (SSSR count). The maximum atomic E-state index is 6.06. The molecule has 4 heterocycles. The predicted molar refractivity (Wildman–Crippen MR) is 91.1 cm³/mol. The number of ether oxygens (including phenoxy) is 2. The lowest BCUT2D eigenvalue weighted by molar-refractivity contribution is -0.230. The van der Waals surface area contributed by atoms with Gasteiger partial charge in [0, 0.05) is 0 Å². The Morgan fingerprint density at radius 2 is 0.818 bits per heavy atom. The predicted octanol–water partition coefficient (Wildman–Crippen LogP) is 5.49. The summed E-state index contributed by atoms with van der Waals surface area (Å²) in [5, 5.41) is 0. The van der Waals surface area contributed by atoms with Crippen LogP contribution in [0.3, 0.4) is 0 Å². The summed E-state index contributed by atoms with van der Waals surface area (Å²) in [5.74, 6) is 1.65. The first-order valence-electron chi connectivity index (χ1n) is 9.44.